The summed E-state index contributed by atoms with van der Waals surface area (Å²) in [5, 5.41) is 14.2. The molecule has 3 nitrogen and oxygen atoms in total. The number of aromatic nitrogens is 2. The Kier molecular flexibility index (Phi) is 4.00. The molecule has 0 fully saturated rings. The molecule has 3 heteroatoms. The molecule has 0 unspecified atom stereocenters. The van der Waals surface area contributed by atoms with Crippen molar-refractivity contribution in [2.24, 2.45) is 0 Å². The Hall–Kier alpha value is -0.990. The van der Waals surface area contributed by atoms with E-state index in [1.54, 1.807) is 0 Å². The smallest absolute Gasteiger partial charge is 0.233 e. The van der Waals surface area contributed by atoms with Crippen molar-refractivity contribution in [3.63, 3.8) is 0 Å². The first-order valence-electron chi connectivity index (χ1n) is 6.20. The van der Waals surface area contributed by atoms with E-state index in [-0.39, 0.29) is 11.3 Å². The highest BCUT2D eigenvalue weighted by atomic mass is 16.3. The number of nitrogens with zero attached hydrogens (tertiary/aromatic N) is 2. The van der Waals surface area contributed by atoms with Gasteiger partial charge in [-0.25, -0.2) is 0 Å². The van der Waals surface area contributed by atoms with Gasteiger partial charge >= 0.3 is 0 Å². The molecule has 1 aromatic heterocycles. The Morgan fingerprint density at radius 2 is 1.81 bits per heavy atom. The van der Waals surface area contributed by atoms with Gasteiger partial charge in [0, 0.05) is 17.5 Å². The van der Waals surface area contributed by atoms with Gasteiger partial charge < -0.3 is 5.11 Å². The first kappa shape index (κ1) is 13.1. The minimum Gasteiger partial charge on any atom is -0.492 e. The summed E-state index contributed by atoms with van der Waals surface area (Å²) < 4.78 is 1.97. The predicted octanol–water partition coefficient (Wildman–Crippen LogP) is 3.25. The van der Waals surface area contributed by atoms with Crippen molar-refractivity contribution < 1.29 is 5.11 Å². The molecule has 0 saturated carbocycles. The van der Waals surface area contributed by atoms with Gasteiger partial charge in [0.1, 0.15) is 0 Å². The largest absolute Gasteiger partial charge is 0.492 e. The summed E-state index contributed by atoms with van der Waals surface area (Å²) in [5.74, 6) is 0.222. The average Bonchev–Trinajstić information content (AvgIpc) is 2.43. The molecule has 0 spiro atoms. The van der Waals surface area contributed by atoms with E-state index in [1.165, 1.54) is 5.69 Å². The van der Waals surface area contributed by atoms with Gasteiger partial charge in [-0.2, -0.15) is 0 Å². The SMILES string of the molecule is CCCc1c(O)nn(CCC)c1C(C)(C)C. The van der Waals surface area contributed by atoms with E-state index in [1.807, 2.05) is 4.68 Å². The second-order valence-corrected chi connectivity index (χ2v) is 5.37. The highest BCUT2D eigenvalue weighted by Crippen LogP contribution is 2.32. The molecule has 0 aliphatic carbocycles. The van der Waals surface area contributed by atoms with E-state index < -0.39 is 0 Å². The Morgan fingerprint density at radius 3 is 2.25 bits per heavy atom. The fourth-order valence-corrected chi connectivity index (χ4v) is 2.18. The van der Waals surface area contributed by atoms with Gasteiger partial charge in [0.15, 0.2) is 0 Å². The van der Waals surface area contributed by atoms with Crippen LogP contribution in [0, 0.1) is 0 Å². The number of aryl methyl sites for hydroxylation is 1. The van der Waals surface area contributed by atoms with Crippen molar-refractivity contribution >= 4 is 0 Å². The average molecular weight is 224 g/mol. The molecule has 16 heavy (non-hydrogen) atoms. The Morgan fingerprint density at radius 1 is 1.19 bits per heavy atom. The molecule has 1 rings (SSSR count). The lowest BCUT2D eigenvalue weighted by Crippen LogP contribution is -2.20. The van der Waals surface area contributed by atoms with E-state index >= 15 is 0 Å². The summed E-state index contributed by atoms with van der Waals surface area (Å²) >= 11 is 0. The summed E-state index contributed by atoms with van der Waals surface area (Å²) in [7, 11) is 0. The minimum atomic E-state index is 0.0354. The van der Waals surface area contributed by atoms with Gasteiger partial charge in [-0.3, -0.25) is 4.68 Å². The van der Waals surface area contributed by atoms with Crippen LogP contribution in [0.4, 0.5) is 0 Å². The molecule has 0 radical (unpaired) electrons. The Bertz CT molecular complexity index is 348. The third-order valence-corrected chi connectivity index (χ3v) is 2.68. The first-order chi connectivity index (χ1) is 7.41. The molecule has 1 N–H and O–H groups in total. The lowest BCUT2D eigenvalue weighted by Gasteiger charge is -2.22. The maximum Gasteiger partial charge on any atom is 0.233 e. The predicted molar refractivity (Wildman–Crippen MR) is 66.9 cm³/mol. The molecule has 1 aromatic rings. The normalized spacial score (nSPS) is 12.1. The molecule has 0 atom stereocenters. The van der Waals surface area contributed by atoms with E-state index in [0.29, 0.717) is 0 Å². The van der Waals surface area contributed by atoms with Crippen molar-refractivity contribution in [2.45, 2.75) is 65.8 Å². The van der Waals surface area contributed by atoms with Crippen LogP contribution in [0.2, 0.25) is 0 Å². The number of hydrogen-bond donors (Lipinski definition) is 1. The zero-order valence-electron chi connectivity index (χ0n) is 11.2. The quantitative estimate of drug-likeness (QED) is 0.852. The number of aromatic hydroxyl groups is 1. The molecule has 92 valence electrons. The van der Waals surface area contributed by atoms with E-state index in [0.717, 1.165) is 31.4 Å². The lowest BCUT2D eigenvalue weighted by atomic mass is 9.88. The highest BCUT2D eigenvalue weighted by Gasteiger charge is 2.26. The van der Waals surface area contributed by atoms with Gasteiger partial charge in [-0.05, 0) is 12.8 Å². The standard InChI is InChI=1S/C13H24N2O/c1-6-8-10-11(13(3,4)5)15(9-7-2)14-12(10)16/h6-9H2,1-5H3,(H,14,16). The van der Waals surface area contributed by atoms with Gasteiger partial charge in [-0.1, -0.05) is 41.0 Å². The summed E-state index contributed by atoms with van der Waals surface area (Å²) in [6, 6.07) is 0. The molecule has 0 aliphatic rings. The van der Waals surface area contributed by atoms with Crippen LogP contribution in [-0.4, -0.2) is 14.9 Å². The van der Waals surface area contributed by atoms with Gasteiger partial charge in [0.05, 0.1) is 5.69 Å². The second-order valence-electron chi connectivity index (χ2n) is 5.37. The maximum absolute atomic E-state index is 9.90. The van der Waals surface area contributed by atoms with Crippen LogP contribution in [0.5, 0.6) is 5.88 Å². The summed E-state index contributed by atoms with van der Waals surface area (Å²) in [6.07, 6.45) is 2.98. The van der Waals surface area contributed by atoms with Crippen LogP contribution in [0.3, 0.4) is 0 Å². The van der Waals surface area contributed by atoms with Crippen molar-refractivity contribution in [3.8, 4) is 5.88 Å². The second kappa shape index (κ2) is 4.89. The summed E-state index contributed by atoms with van der Waals surface area (Å²) in [6.45, 7) is 11.7. The lowest BCUT2D eigenvalue weighted by molar-refractivity contribution is 0.427. The summed E-state index contributed by atoms with van der Waals surface area (Å²) in [4.78, 5) is 0. The molecule has 0 aromatic carbocycles. The first-order valence-corrected chi connectivity index (χ1v) is 6.20. The fraction of sp³-hybridized carbons (Fsp3) is 0.769. The maximum atomic E-state index is 9.90. The third kappa shape index (κ3) is 2.57. The Labute approximate surface area is 98.5 Å². The zero-order chi connectivity index (χ0) is 12.3. The molecular formula is C13H24N2O. The van der Waals surface area contributed by atoms with Crippen molar-refractivity contribution in [1.82, 2.24) is 9.78 Å². The minimum absolute atomic E-state index is 0.0354. The van der Waals surface area contributed by atoms with Gasteiger partial charge in [0.25, 0.3) is 0 Å². The Balaban J connectivity index is 3.25. The third-order valence-electron chi connectivity index (χ3n) is 2.68. The highest BCUT2D eigenvalue weighted by molar-refractivity contribution is 5.35. The fourth-order valence-electron chi connectivity index (χ4n) is 2.18. The molecule has 0 saturated heterocycles. The zero-order valence-corrected chi connectivity index (χ0v) is 11.2. The molecule has 1 heterocycles. The topological polar surface area (TPSA) is 38.1 Å². The van der Waals surface area contributed by atoms with Crippen molar-refractivity contribution in [1.29, 1.82) is 0 Å². The van der Waals surface area contributed by atoms with Crippen molar-refractivity contribution in [2.75, 3.05) is 0 Å². The van der Waals surface area contributed by atoms with E-state index in [2.05, 4.69) is 39.7 Å². The van der Waals surface area contributed by atoms with E-state index in [4.69, 9.17) is 0 Å². The van der Waals surface area contributed by atoms with Gasteiger partial charge in [0.2, 0.25) is 5.88 Å². The molecule has 0 bridgehead atoms. The van der Waals surface area contributed by atoms with Crippen LogP contribution in [0.25, 0.3) is 0 Å². The number of hydrogen-bond acceptors (Lipinski definition) is 2. The number of rotatable bonds is 4. The molecule has 0 amide bonds. The van der Waals surface area contributed by atoms with Crippen LogP contribution in [0.15, 0.2) is 0 Å². The van der Waals surface area contributed by atoms with Gasteiger partial charge in [-0.15, -0.1) is 5.10 Å². The van der Waals surface area contributed by atoms with Crippen LogP contribution < -0.4 is 0 Å². The summed E-state index contributed by atoms with van der Waals surface area (Å²) in [5.41, 5.74) is 2.25. The van der Waals surface area contributed by atoms with Crippen LogP contribution in [-0.2, 0) is 18.4 Å². The van der Waals surface area contributed by atoms with E-state index in [9.17, 15) is 5.11 Å². The van der Waals surface area contributed by atoms with Crippen molar-refractivity contribution in [3.05, 3.63) is 11.3 Å². The van der Waals surface area contributed by atoms with Crippen LogP contribution in [0.1, 0.15) is 58.7 Å². The molecular weight excluding hydrogens is 200 g/mol. The monoisotopic (exact) mass is 224 g/mol. The molecule has 0 aliphatic heterocycles. The van der Waals surface area contributed by atoms with Crippen LogP contribution >= 0.6 is 0 Å².